The molecule has 4 N–H and O–H groups in total. The van der Waals surface area contributed by atoms with Gasteiger partial charge in [-0.05, 0) is 24.4 Å². The normalized spacial score (nSPS) is 12.1. The lowest BCUT2D eigenvalue weighted by Gasteiger charge is -2.15. The SMILES string of the molecule is C[C@@H](CO)Nc1nc(Nc2cnccn2)cc2cc[nH]c(=O)c12. The van der Waals surface area contributed by atoms with E-state index < -0.39 is 0 Å². The number of aromatic nitrogens is 4. The molecule has 0 aliphatic rings. The Morgan fingerprint density at radius 2 is 2.22 bits per heavy atom. The lowest BCUT2D eigenvalue weighted by Crippen LogP contribution is -2.22. The number of aliphatic hydroxyl groups is 1. The van der Waals surface area contributed by atoms with Crippen LogP contribution in [0.2, 0.25) is 0 Å². The van der Waals surface area contributed by atoms with Crippen LogP contribution in [0, 0.1) is 0 Å². The van der Waals surface area contributed by atoms with Gasteiger partial charge in [0.2, 0.25) is 0 Å². The van der Waals surface area contributed by atoms with Gasteiger partial charge >= 0.3 is 0 Å². The van der Waals surface area contributed by atoms with Gasteiger partial charge in [0.25, 0.3) is 5.56 Å². The van der Waals surface area contributed by atoms with Gasteiger partial charge in [-0.2, -0.15) is 0 Å². The molecule has 0 amide bonds. The second kappa shape index (κ2) is 6.41. The molecule has 3 aromatic heterocycles. The van der Waals surface area contributed by atoms with Crippen molar-refractivity contribution in [2.75, 3.05) is 17.2 Å². The maximum absolute atomic E-state index is 12.1. The first kappa shape index (κ1) is 14.9. The van der Waals surface area contributed by atoms with Crippen LogP contribution >= 0.6 is 0 Å². The monoisotopic (exact) mass is 312 g/mol. The Labute approximate surface area is 131 Å². The second-order valence-corrected chi connectivity index (χ2v) is 5.07. The molecular weight excluding hydrogens is 296 g/mol. The van der Waals surface area contributed by atoms with Crippen LogP contribution in [0.4, 0.5) is 17.5 Å². The van der Waals surface area contributed by atoms with Crippen molar-refractivity contribution >= 4 is 28.2 Å². The second-order valence-electron chi connectivity index (χ2n) is 5.07. The average Bonchev–Trinajstić information content (AvgIpc) is 2.55. The highest BCUT2D eigenvalue weighted by Crippen LogP contribution is 2.23. The highest BCUT2D eigenvalue weighted by atomic mass is 16.3. The van der Waals surface area contributed by atoms with Crippen molar-refractivity contribution in [3.63, 3.8) is 0 Å². The number of H-pyrrole nitrogens is 1. The van der Waals surface area contributed by atoms with E-state index in [1.54, 1.807) is 43.8 Å². The first-order chi connectivity index (χ1) is 11.2. The summed E-state index contributed by atoms with van der Waals surface area (Å²) in [7, 11) is 0. The molecule has 8 heteroatoms. The Morgan fingerprint density at radius 1 is 1.35 bits per heavy atom. The van der Waals surface area contributed by atoms with Crippen molar-refractivity contribution in [3.8, 4) is 0 Å². The minimum absolute atomic E-state index is 0.0737. The number of pyridine rings is 2. The molecule has 1 atom stereocenters. The summed E-state index contributed by atoms with van der Waals surface area (Å²) in [5.41, 5.74) is -0.242. The quantitative estimate of drug-likeness (QED) is 0.560. The number of nitrogens with zero attached hydrogens (tertiary/aromatic N) is 3. The van der Waals surface area contributed by atoms with Crippen LogP contribution in [0.25, 0.3) is 10.8 Å². The fraction of sp³-hybridized carbons (Fsp3) is 0.200. The third-order valence-electron chi connectivity index (χ3n) is 3.23. The maximum Gasteiger partial charge on any atom is 0.259 e. The average molecular weight is 312 g/mol. The van der Waals surface area contributed by atoms with Gasteiger partial charge in [-0.25, -0.2) is 9.97 Å². The van der Waals surface area contributed by atoms with Crippen molar-refractivity contribution in [2.24, 2.45) is 0 Å². The molecule has 8 nitrogen and oxygen atoms in total. The lowest BCUT2D eigenvalue weighted by atomic mass is 10.2. The van der Waals surface area contributed by atoms with Gasteiger partial charge in [0.1, 0.15) is 17.5 Å². The summed E-state index contributed by atoms with van der Waals surface area (Å²) in [6, 6.07) is 3.31. The van der Waals surface area contributed by atoms with Crippen LogP contribution in [0.1, 0.15) is 6.92 Å². The van der Waals surface area contributed by atoms with Crippen LogP contribution in [0.15, 0.2) is 41.7 Å². The molecule has 0 saturated carbocycles. The van der Waals surface area contributed by atoms with Crippen molar-refractivity contribution in [1.29, 1.82) is 0 Å². The topological polar surface area (TPSA) is 116 Å². The number of aliphatic hydroxyl groups excluding tert-OH is 1. The number of anilines is 3. The van der Waals surface area contributed by atoms with Crippen molar-refractivity contribution < 1.29 is 5.11 Å². The predicted octanol–water partition coefficient (Wildman–Crippen LogP) is 1.25. The van der Waals surface area contributed by atoms with Crippen molar-refractivity contribution in [2.45, 2.75) is 13.0 Å². The number of fused-ring (bicyclic) bond motifs is 1. The summed E-state index contributed by atoms with van der Waals surface area (Å²) >= 11 is 0. The van der Waals surface area contributed by atoms with Gasteiger partial charge in [-0.1, -0.05) is 0 Å². The zero-order valence-corrected chi connectivity index (χ0v) is 12.4. The van der Waals surface area contributed by atoms with E-state index in [-0.39, 0.29) is 18.2 Å². The molecule has 0 aromatic carbocycles. The zero-order chi connectivity index (χ0) is 16.2. The van der Waals surface area contributed by atoms with Crippen molar-refractivity contribution in [1.82, 2.24) is 19.9 Å². The number of rotatable bonds is 5. The number of nitrogens with one attached hydrogen (secondary N) is 3. The molecule has 23 heavy (non-hydrogen) atoms. The molecular formula is C15H16N6O2. The standard InChI is InChI=1S/C15H16N6O2/c1-9(8-22)19-14-13-10(2-3-18-15(13)23)6-11(21-14)20-12-7-16-4-5-17-12/h2-7,9,22H,8H2,1H3,(H,18,23)(H2,17,19,20,21)/t9-/m0/s1. The van der Waals surface area contributed by atoms with E-state index in [1.807, 2.05) is 0 Å². The fourth-order valence-corrected chi connectivity index (χ4v) is 2.16. The molecule has 118 valence electrons. The van der Waals surface area contributed by atoms with E-state index in [0.29, 0.717) is 22.8 Å². The maximum atomic E-state index is 12.1. The number of hydrogen-bond donors (Lipinski definition) is 4. The van der Waals surface area contributed by atoms with Crippen LogP contribution in [0.5, 0.6) is 0 Å². The van der Waals surface area contributed by atoms with E-state index in [9.17, 15) is 9.90 Å². The van der Waals surface area contributed by atoms with Gasteiger partial charge in [0.05, 0.1) is 18.2 Å². The van der Waals surface area contributed by atoms with Crippen molar-refractivity contribution in [3.05, 3.63) is 47.3 Å². The smallest absolute Gasteiger partial charge is 0.259 e. The van der Waals surface area contributed by atoms with Gasteiger partial charge in [-0.3, -0.25) is 9.78 Å². The van der Waals surface area contributed by atoms with Gasteiger partial charge in [0.15, 0.2) is 0 Å². The molecule has 0 radical (unpaired) electrons. The third-order valence-corrected chi connectivity index (χ3v) is 3.23. The molecule has 0 fully saturated rings. The van der Waals surface area contributed by atoms with Gasteiger partial charge in [0, 0.05) is 24.6 Å². The summed E-state index contributed by atoms with van der Waals surface area (Å²) in [5, 5.41) is 16.5. The van der Waals surface area contributed by atoms with E-state index in [0.717, 1.165) is 5.39 Å². The number of aromatic amines is 1. The molecule has 0 spiro atoms. The highest BCUT2D eigenvalue weighted by molar-refractivity contribution is 5.93. The summed E-state index contributed by atoms with van der Waals surface area (Å²) in [6.07, 6.45) is 6.30. The highest BCUT2D eigenvalue weighted by Gasteiger charge is 2.12. The molecule has 0 aliphatic heterocycles. The van der Waals surface area contributed by atoms with E-state index >= 15 is 0 Å². The van der Waals surface area contributed by atoms with Crippen LogP contribution in [-0.2, 0) is 0 Å². The first-order valence-electron chi connectivity index (χ1n) is 7.10. The Hall–Kier alpha value is -3.00. The van der Waals surface area contributed by atoms with Gasteiger partial charge < -0.3 is 20.7 Å². The molecule has 0 bridgehead atoms. The van der Waals surface area contributed by atoms with E-state index in [2.05, 4.69) is 30.6 Å². The first-order valence-corrected chi connectivity index (χ1v) is 7.10. The van der Waals surface area contributed by atoms with Crippen LogP contribution in [0.3, 0.4) is 0 Å². The Kier molecular flexibility index (Phi) is 4.15. The largest absolute Gasteiger partial charge is 0.394 e. The number of hydrogen-bond acceptors (Lipinski definition) is 7. The van der Waals surface area contributed by atoms with E-state index in [1.165, 1.54) is 0 Å². The lowest BCUT2D eigenvalue weighted by molar-refractivity contribution is 0.281. The minimum Gasteiger partial charge on any atom is -0.394 e. The summed E-state index contributed by atoms with van der Waals surface area (Å²) in [6.45, 7) is 1.73. The third kappa shape index (κ3) is 3.27. The molecule has 0 aliphatic carbocycles. The Balaban J connectivity index is 2.08. The molecule has 0 saturated heterocycles. The Bertz CT molecular complexity index is 865. The summed E-state index contributed by atoms with van der Waals surface area (Å²) in [5.74, 6) is 1.47. The fourth-order valence-electron chi connectivity index (χ4n) is 2.16. The summed E-state index contributed by atoms with van der Waals surface area (Å²) in [4.78, 5) is 27.3. The predicted molar refractivity (Wildman–Crippen MR) is 87.8 cm³/mol. The summed E-state index contributed by atoms with van der Waals surface area (Å²) < 4.78 is 0. The zero-order valence-electron chi connectivity index (χ0n) is 12.4. The molecule has 3 rings (SSSR count). The molecule has 3 aromatic rings. The van der Waals surface area contributed by atoms with Gasteiger partial charge in [-0.15, -0.1) is 0 Å². The van der Waals surface area contributed by atoms with E-state index in [4.69, 9.17) is 0 Å². The Morgan fingerprint density at radius 3 is 2.96 bits per heavy atom. The minimum atomic E-state index is -0.242. The molecule has 3 heterocycles. The molecule has 0 unspecified atom stereocenters. The van der Waals surface area contributed by atoms with Crippen LogP contribution < -0.4 is 16.2 Å². The van der Waals surface area contributed by atoms with Crippen LogP contribution in [-0.4, -0.2) is 37.7 Å².